The van der Waals surface area contributed by atoms with E-state index in [0.29, 0.717) is 19.4 Å². The third kappa shape index (κ3) is 4.24. The van der Waals surface area contributed by atoms with E-state index in [2.05, 4.69) is 6.07 Å². The van der Waals surface area contributed by atoms with E-state index in [1.54, 1.807) is 0 Å². The first-order valence-corrected chi connectivity index (χ1v) is 12.2. The molecule has 0 aromatic heterocycles. The van der Waals surface area contributed by atoms with E-state index in [1.807, 2.05) is 23.1 Å². The lowest BCUT2D eigenvalue weighted by Crippen LogP contribution is -2.46. The lowest BCUT2D eigenvalue weighted by molar-refractivity contribution is -0.123. The summed E-state index contributed by atoms with van der Waals surface area (Å²) in [6, 6.07) is 12.1. The van der Waals surface area contributed by atoms with Gasteiger partial charge in [0.1, 0.15) is 5.82 Å². The molecule has 2 aromatic rings. The van der Waals surface area contributed by atoms with Crippen LogP contribution in [0.4, 0.5) is 10.1 Å². The SMILES string of the molecule is O=C(C1CCN(S(=O)(=O)Cc2c(F)cccc2Cl)CC1)N1CCCc2ccccc21. The van der Waals surface area contributed by atoms with Crippen LogP contribution in [-0.2, 0) is 27.0 Å². The van der Waals surface area contributed by atoms with Gasteiger partial charge in [0.05, 0.1) is 5.75 Å². The maximum Gasteiger partial charge on any atom is 0.230 e. The number of anilines is 1. The van der Waals surface area contributed by atoms with Crippen LogP contribution in [-0.4, -0.2) is 38.3 Å². The number of carbonyl (C=O) groups is 1. The zero-order valence-corrected chi connectivity index (χ0v) is 18.1. The summed E-state index contributed by atoms with van der Waals surface area (Å²) < 4.78 is 41.0. The molecule has 2 heterocycles. The van der Waals surface area contributed by atoms with E-state index in [4.69, 9.17) is 11.6 Å². The Bertz CT molecular complexity index is 1030. The summed E-state index contributed by atoms with van der Waals surface area (Å²) in [6.45, 7) is 1.20. The van der Waals surface area contributed by atoms with Crippen LogP contribution in [0.5, 0.6) is 0 Å². The molecule has 0 N–H and O–H groups in total. The van der Waals surface area contributed by atoms with Gasteiger partial charge in [-0.25, -0.2) is 17.1 Å². The Labute approximate surface area is 181 Å². The van der Waals surface area contributed by atoms with Crippen molar-refractivity contribution in [2.45, 2.75) is 31.4 Å². The smallest absolute Gasteiger partial charge is 0.230 e. The van der Waals surface area contributed by atoms with Gasteiger partial charge >= 0.3 is 0 Å². The lowest BCUT2D eigenvalue weighted by atomic mass is 9.94. The molecule has 0 bridgehead atoms. The highest BCUT2D eigenvalue weighted by molar-refractivity contribution is 7.88. The largest absolute Gasteiger partial charge is 0.312 e. The van der Waals surface area contributed by atoms with Crippen LogP contribution in [0, 0.1) is 11.7 Å². The van der Waals surface area contributed by atoms with E-state index in [1.165, 1.54) is 28.1 Å². The third-order valence-corrected chi connectivity index (χ3v) is 8.12. The molecule has 2 aliphatic rings. The van der Waals surface area contributed by atoms with Crippen molar-refractivity contribution in [3.8, 4) is 0 Å². The Balaban J connectivity index is 1.42. The molecule has 0 atom stereocenters. The fraction of sp³-hybridized carbons (Fsp3) is 0.409. The van der Waals surface area contributed by atoms with Crippen molar-refractivity contribution in [3.63, 3.8) is 0 Å². The molecule has 0 unspecified atom stereocenters. The van der Waals surface area contributed by atoms with Crippen molar-refractivity contribution in [1.29, 1.82) is 0 Å². The number of carbonyl (C=O) groups excluding carboxylic acids is 1. The molecule has 160 valence electrons. The first kappa shape index (κ1) is 21.3. The fourth-order valence-electron chi connectivity index (χ4n) is 4.31. The second-order valence-electron chi connectivity index (χ2n) is 7.85. The van der Waals surface area contributed by atoms with Gasteiger partial charge in [-0.2, -0.15) is 0 Å². The summed E-state index contributed by atoms with van der Waals surface area (Å²) in [5, 5.41) is 0.104. The molecule has 30 heavy (non-hydrogen) atoms. The van der Waals surface area contributed by atoms with Crippen molar-refractivity contribution in [2.75, 3.05) is 24.5 Å². The Kier molecular flexibility index (Phi) is 6.14. The topological polar surface area (TPSA) is 57.7 Å². The number of aryl methyl sites for hydroxylation is 1. The van der Waals surface area contributed by atoms with Gasteiger partial charge in [-0.3, -0.25) is 4.79 Å². The number of nitrogens with zero attached hydrogens (tertiary/aromatic N) is 2. The van der Waals surface area contributed by atoms with E-state index < -0.39 is 21.6 Å². The molecule has 0 spiro atoms. The van der Waals surface area contributed by atoms with Crippen LogP contribution in [0.15, 0.2) is 42.5 Å². The van der Waals surface area contributed by atoms with Crippen molar-refractivity contribution in [2.24, 2.45) is 5.92 Å². The van der Waals surface area contributed by atoms with Gasteiger partial charge in [-0.15, -0.1) is 0 Å². The van der Waals surface area contributed by atoms with Crippen molar-refractivity contribution < 1.29 is 17.6 Å². The maximum atomic E-state index is 14.0. The van der Waals surface area contributed by atoms with Crippen molar-refractivity contribution in [3.05, 3.63) is 64.4 Å². The summed E-state index contributed by atoms with van der Waals surface area (Å²) in [5.74, 6) is -1.24. The fourth-order valence-corrected chi connectivity index (χ4v) is 6.22. The van der Waals surface area contributed by atoms with Crippen LogP contribution >= 0.6 is 11.6 Å². The number of hydrogen-bond acceptors (Lipinski definition) is 3. The van der Waals surface area contributed by atoms with E-state index >= 15 is 0 Å². The normalized spacial score (nSPS) is 18.3. The number of hydrogen-bond donors (Lipinski definition) is 0. The zero-order chi connectivity index (χ0) is 21.3. The lowest BCUT2D eigenvalue weighted by Gasteiger charge is -2.36. The number of halogens is 2. The summed E-state index contributed by atoms with van der Waals surface area (Å²) in [5.41, 5.74) is 2.14. The number of piperidine rings is 1. The van der Waals surface area contributed by atoms with Gasteiger partial charge in [0.15, 0.2) is 0 Å². The predicted octanol–water partition coefficient (Wildman–Crippen LogP) is 4.00. The van der Waals surface area contributed by atoms with Crippen molar-refractivity contribution >= 4 is 33.2 Å². The highest BCUT2D eigenvalue weighted by Gasteiger charge is 2.35. The number of rotatable bonds is 4. The van der Waals surface area contributed by atoms with Gasteiger partial charge in [0.2, 0.25) is 15.9 Å². The summed E-state index contributed by atoms with van der Waals surface area (Å²) in [6.07, 6.45) is 2.82. The van der Waals surface area contributed by atoms with Gasteiger partial charge in [0.25, 0.3) is 0 Å². The molecule has 4 rings (SSSR count). The molecule has 1 amide bonds. The Morgan fingerprint density at radius 3 is 2.53 bits per heavy atom. The summed E-state index contributed by atoms with van der Waals surface area (Å²) >= 11 is 5.99. The molecule has 2 aliphatic heterocycles. The van der Waals surface area contributed by atoms with Crippen LogP contribution in [0.2, 0.25) is 5.02 Å². The van der Waals surface area contributed by atoms with Crippen LogP contribution in [0.25, 0.3) is 0 Å². The number of para-hydroxylation sites is 1. The van der Waals surface area contributed by atoms with Gasteiger partial charge in [0, 0.05) is 41.8 Å². The Morgan fingerprint density at radius 2 is 1.80 bits per heavy atom. The standard InChI is InChI=1S/C22H24ClFN2O3S/c23-19-7-3-8-20(24)18(19)15-30(28,29)25-13-10-17(11-14-25)22(27)26-12-4-6-16-5-1-2-9-21(16)26/h1-3,5,7-9,17H,4,6,10-15H2. The summed E-state index contributed by atoms with van der Waals surface area (Å²) in [4.78, 5) is 15.0. The molecular weight excluding hydrogens is 427 g/mol. The maximum absolute atomic E-state index is 14.0. The number of fused-ring (bicyclic) bond motifs is 1. The number of benzene rings is 2. The van der Waals surface area contributed by atoms with Crippen LogP contribution < -0.4 is 4.90 Å². The molecule has 2 aromatic carbocycles. The molecule has 8 heteroatoms. The second-order valence-corrected chi connectivity index (χ2v) is 10.2. The third-order valence-electron chi connectivity index (χ3n) is 5.96. The van der Waals surface area contributed by atoms with Gasteiger partial charge < -0.3 is 4.90 Å². The second kappa shape index (κ2) is 8.65. The highest BCUT2D eigenvalue weighted by Crippen LogP contribution is 2.31. The first-order chi connectivity index (χ1) is 14.4. The molecule has 0 saturated carbocycles. The first-order valence-electron chi connectivity index (χ1n) is 10.2. The van der Waals surface area contributed by atoms with Gasteiger partial charge in [-0.05, 0) is 49.4 Å². The average Bonchev–Trinajstić information content (AvgIpc) is 2.75. The molecule has 5 nitrogen and oxygen atoms in total. The van der Waals surface area contributed by atoms with E-state index in [0.717, 1.165) is 18.5 Å². The quantitative estimate of drug-likeness (QED) is 0.707. The Hall–Kier alpha value is -1.96. The van der Waals surface area contributed by atoms with E-state index in [-0.39, 0.29) is 35.5 Å². The molecule has 0 aliphatic carbocycles. The average molecular weight is 451 g/mol. The monoisotopic (exact) mass is 450 g/mol. The minimum atomic E-state index is -3.72. The molecule has 1 fully saturated rings. The minimum absolute atomic E-state index is 0.0118. The molecular formula is C22H24ClFN2O3S. The van der Waals surface area contributed by atoms with Gasteiger partial charge in [-0.1, -0.05) is 35.9 Å². The van der Waals surface area contributed by atoms with Crippen molar-refractivity contribution in [1.82, 2.24) is 4.31 Å². The minimum Gasteiger partial charge on any atom is -0.312 e. The predicted molar refractivity (Wildman–Crippen MR) is 115 cm³/mol. The zero-order valence-electron chi connectivity index (χ0n) is 16.6. The molecule has 0 radical (unpaired) electrons. The molecule has 1 saturated heterocycles. The highest BCUT2D eigenvalue weighted by atomic mass is 35.5. The van der Waals surface area contributed by atoms with Crippen LogP contribution in [0.1, 0.15) is 30.4 Å². The summed E-state index contributed by atoms with van der Waals surface area (Å²) in [7, 11) is -3.72. The Morgan fingerprint density at radius 1 is 1.07 bits per heavy atom. The number of sulfonamides is 1. The van der Waals surface area contributed by atoms with Crippen LogP contribution in [0.3, 0.4) is 0 Å². The number of amides is 1. The van der Waals surface area contributed by atoms with E-state index in [9.17, 15) is 17.6 Å².